The largest absolute Gasteiger partial charge is 0.481 e. The molecule has 1 rings (SSSR count). The number of aliphatic carboxylic acids is 1. The summed E-state index contributed by atoms with van der Waals surface area (Å²) in [6.45, 7) is 2.87. The number of nitrogens with zero attached hydrogens (tertiary/aromatic N) is 1. The standard InChI is InChI=1S/C11H19NO3/c1-2-8-12(9-6-7-9)10(13)4-3-5-11(14)15/h9H,2-8H2,1H3,(H,14,15). The van der Waals surface area contributed by atoms with Crippen LogP contribution in [0.3, 0.4) is 0 Å². The molecule has 0 aromatic heterocycles. The smallest absolute Gasteiger partial charge is 0.303 e. The van der Waals surface area contributed by atoms with Crippen LogP contribution in [0.1, 0.15) is 45.4 Å². The molecule has 0 aromatic rings. The highest BCUT2D eigenvalue weighted by Crippen LogP contribution is 2.27. The number of hydrogen-bond acceptors (Lipinski definition) is 2. The SMILES string of the molecule is CCCN(C(=O)CCCC(=O)O)C1CC1. The fourth-order valence-corrected chi connectivity index (χ4v) is 1.67. The van der Waals surface area contributed by atoms with Crippen molar-refractivity contribution in [1.29, 1.82) is 0 Å². The van der Waals surface area contributed by atoms with Crippen LogP contribution in [0.4, 0.5) is 0 Å². The second-order valence-electron chi connectivity index (χ2n) is 4.07. The summed E-state index contributed by atoms with van der Waals surface area (Å²) in [6.07, 6.45) is 4.14. The fourth-order valence-electron chi connectivity index (χ4n) is 1.67. The number of carbonyl (C=O) groups excluding carboxylic acids is 1. The van der Waals surface area contributed by atoms with Crippen molar-refractivity contribution in [2.24, 2.45) is 0 Å². The van der Waals surface area contributed by atoms with Crippen molar-refractivity contribution in [2.75, 3.05) is 6.54 Å². The maximum absolute atomic E-state index is 11.7. The lowest BCUT2D eigenvalue weighted by Gasteiger charge is -2.21. The number of carboxylic acids is 1. The Morgan fingerprint density at radius 2 is 2.00 bits per heavy atom. The molecule has 1 aliphatic carbocycles. The van der Waals surface area contributed by atoms with Gasteiger partial charge in [0.1, 0.15) is 0 Å². The third-order valence-corrected chi connectivity index (χ3v) is 2.55. The van der Waals surface area contributed by atoms with E-state index in [-0.39, 0.29) is 12.3 Å². The molecule has 0 radical (unpaired) electrons. The van der Waals surface area contributed by atoms with Crippen LogP contribution in [0, 0.1) is 0 Å². The lowest BCUT2D eigenvalue weighted by atomic mass is 10.2. The van der Waals surface area contributed by atoms with E-state index in [0.29, 0.717) is 18.9 Å². The lowest BCUT2D eigenvalue weighted by molar-refractivity contribution is -0.137. The Kier molecular flexibility index (Phi) is 4.59. The second kappa shape index (κ2) is 5.73. The number of amides is 1. The van der Waals surface area contributed by atoms with Gasteiger partial charge in [-0.15, -0.1) is 0 Å². The van der Waals surface area contributed by atoms with Crippen molar-refractivity contribution >= 4 is 11.9 Å². The Bertz CT molecular complexity index is 236. The quantitative estimate of drug-likeness (QED) is 0.699. The van der Waals surface area contributed by atoms with Crippen molar-refractivity contribution in [3.63, 3.8) is 0 Å². The maximum Gasteiger partial charge on any atom is 0.303 e. The Morgan fingerprint density at radius 1 is 1.33 bits per heavy atom. The molecule has 1 amide bonds. The summed E-state index contributed by atoms with van der Waals surface area (Å²) in [5.74, 6) is -0.697. The van der Waals surface area contributed by atoms with Gasteiger partial charge in [0, 0.05) is 25.4 Å². The molecule has 0 atom stereocenters. The van der Waals surface area contributed by atoms with Crippen LogP contribution in [0.2, 0.25) is 0 Å². The second-order valence-corrected chi connectivity index (χ2v) is 4.07. The minimum Gasteiger partial charge on any atom is -0.481 e. The molecule has 4 nitrogen and oxygen atoms in total. The van der Waals surface area contributed by atoms with E-state index < -0.39 is 5.97 Å². The highest BCUT2D eigenvalue weighted by Gasteiger charge is 2.31. The van der Waals surface area contributed by atoms with Crippen molar-refractivity contribution in [3.8, 4) is 0 Å². The Hall–Kier alpha value is -1.06. The monoisotopic (exact) mass is 213 g/mol. The van der Waals surface area contributed by atoms with Gasteiger partial charge in [0.25, 0.3) is 0 Å². The van der Waals surface area contributed by atoms with E-state index in [9.17, 15) is 9.59 Å². The van der Waals surface area contributed by atoms with Gasteiger partial charge in [-0.1, -0.05) is 6.92 Å². The molecule has 0 unspecified atom stereocenters. The summed E-state index contributed by atoms with van der Waals surface area (Å²) in [6, 6.07) is 0.447. The Labute approximate surface area is 90.3 Å². The molecule has 1 saturated carbocycles. The zero-order valence-corrected chi connectivity index (χ0v) is 9.24. The molecule has 86 valence electrons. The first kappa shape index (κ1) is 12.0. The summed E-state index contributed by atoms with van der Waals surface area (Å²) in [5, 5.41) is 8.46. The normalized spacial score (nSPS) is 15.0. The average molecular weight is 213 g/mol. The minimum atomic E-state index is -0.823. The molecule has 1 fully saturated rings. The van der Waals surface area contributed by atoms with Crippen LogP contribution in [-0.2, 0) is 9.59 Å². The van der Waals surface area contributed by atoms with Gasteiger partial charge in [0.05, 0.1) is 0 Å². The molecule has 0 spiro atoms. The molecule has 0 saturated heterocycles. The van der Waals surface area contributed by atoms with Gasteiger partial charge in [-0.3, -0.25) is 9.59 Å². The molecular formula is C11H19NO3. The predicted molar refractivity (Wildman–Crippen MR) is 56.5 cm³/mol. The minimum absolute atomic E-state index is 0.0936. The predicted octanol–water partition coefficient (Wildman–Crippen LogP) is 1.64. The molecule has 1 N–H and O–H groups in total. The van der Waals surface area contributed by atoms with Crippen molar-refractivity contribution in [3.05, 3.63) is 0 Å². The van der Waals surface area contributed by atoms with E-state index >= 15 is 0 Å². The van der Waals surface area contributed by atoms with E-state index in [1.807, 2.05) is 4.90 Å². The van der Waals surface area contributed by atoms with Gasteiger partial charge in [-0.2, -0.15) is 0 Å². The van der Waals surface area contributed by atoms with E-state index in [4.69, 9.17) is 5.11 Å². The number of hydrogen-bond donors (Lipinski definition) is 1. The first-order valence-corrected chi connectivity index (χ1v) is 5.66. The first-order valence-electron chi connectivity index (χ1n) is 5.66. The summed E-state index contributed by atoms with van der Waals surface area (Å²) in [7, 11) is 0. The molecule has 0 bridgehead atoms. The molecule has 0 heterocycles. The first-order chi connectivity index (χ1) is 7.15. The zero-order valence-electron chi connectivity index (χ0n) is 9.24. The van der Waals surface area contributed by atoms with E-state index in [1.165, 1.54) is 0 Å². The van der Waals surface area contributed by atoms with Gasteiger partial charge >= 0.3 is 5.97 Å². The summed E-state index contributed by atoms with van der Waals surface area (Å²) in [5.41, 5.74) is 0. The van der Waals surface area contributed by atoms with E-state index in [2.05, 4.69) is 6.92 Å². The maximum atomic E-state index is 11.7. The van der Waals surface area contributed by atoms with Crippen LogP contribution in [0.15, 0.2) is 0 Å². The van der Waals surface area contributed by atoms with Gasteiger partial charge in [0.15, 0.2) is 0 Å². The number of rotatable bonds is 7. The Balaban J connectivity index is 2.25. The topological polar surface area (TPSA) is 57.6 Å². The van der Waals surface area contributed by atoms with Gasteiger partial charge in [-0.05, 0) is 25.7 Å². The highest BCUT2D eigenvalue weighted by molar-refractivity contribution is 5.77. The summed E-state index contributed by atoms with van der Waals surface area (Å²) < 4.78 is 0. The number of carbonyl (C=O) groups is 2. The van der Waals surface area contributed by atoms with Crippen LogP contribution < -0.4 is 0 Å². The van der Waals surface area contributed by atoms with Gasteiger partial charge < -0.3 is 10.0 Å². The van der Waals surface area contributed by atoms with Crippen molar-refractivity contribution in [2.45, 2.75) is 51.5 Å². The number of carboxylic acid groups (broad SMARTS) is 1. The molecular weight excluding hydrogens is 194 g/mol. The average Bonchev–Trinajstić information content (AvgIpc) is 2.96. The molecule has 4 heteroatoms. The Morgan fingerprint density at radius 3 is 2.47 bits per heavy atom. The molecule has 15 heavy (non-hydrogen) atoms. The van der Waals surface area contributed by atoms with Crippen molar-refractivity contribution < 1.29 is 14.7 Å². The summed E-state index contributed by atoms with van der Waals surface area (Å²) in [4.78, 5) is 23.9. The van der Waals surface area contributed by atoms with E-state index in [0.717, 1.165) is 25.8 Å². The molecule has 0 aromatic carbocycles. The van der Waals surface area contributed by atoms with Crippen molar-refractivity contribution in [1.82, 2.24) is 4.90 Å². The van der Waals surface area contributed by atoms with Gasteiger partial charge in [-0.25, -0.2) is 0 Å². The van der Waals surface area contributed by atoms with Crippen LogP contribution in [-0.4, -0.2) is 34.5 Å². The fraction of sp³-hybridized carbons (Fsp3) is 0.818. The van der Waals surface area contributed by atoms with Gasteiger partial charge in [0.2, 0.25) is 5.91 Å². The molecule has 0 aliphatic heterocycles. The highest BCUT2D eigenvalue weighted by atomic mass is 16.4. The lowest BCUT2D eigenvalue weighted by Crippen LogP contribution is -2.33. The zero-order chi connectivity index (χ0) is 11.3. The van der Waals surface area contributed by atoms with Crippen LogP contribution >= 0.6 is 0 Å². The molecule has 1 aliphatic rings. The third-order valence-electron chi connectivity index (χ3n) is 2.55. The van der Waals surface area contributed by atoms with E-state index in [1.54, 1.807) is 0 Å². The van der Waals surface area contributed by atoms with Crippen LogP contribution in [0.5, 0.6) is 0 Å². The summed E-state index contributed by atoms with van der Waals surface area (Å²) >= 11 is 0. The third kappa shape index (κ3) is 4.32. The van der Waals surface area contributed by atoms with Crippen LogP contribution in [0.25, 0.3) is 0 Å².